The maximum absolute atomic E-state index is 9.98. The lowest BCUT2D eigenvalue weighted by Crippen LogP contribution is -2.00. The number of benzene rings is 1. The molecule has 0 radical (unpaired) electrons. The predicted octanol–water partition coefficient (Wildman–Crippen LogP) is 3.48. The van der Waals surface area contributed by atoms with E-state index in [0.29, 0.717) is 0 Å². The van der Waals surface area contributed by atoms with E-state index < -0.39 is 0 Å². The number of hydrogen-bond acceptors (Lipinski definition) is 2. The van der Waals surface area contributed by atoms with Crippen molar-refractivity contribution in [2.24, 2.45) is 0 Å². The average molecular weight is 224 g/mol. The molecule has 15 heavy (non-hydrogen) atoms. The van der Waals surface area contributed by atoms with Gasteiger partial charge in [-0.1, -0.05) is 36.2 Å². The van der Waals surface area contributed by atoms with Crippen LogP contribution in [0.2, 0.25) is 0 Å². The van der Waals surface area contributed by atoms with Gasteiger partial charge in [-0.25, -0.2) is 0 Å². The minimum atomic E-state index is -0.303. The summed E-state index contributed by atoms with van der Waals surface area (Å²) in [6, 6.07) is 6.29. The van der Waals surface area contributed by atoms with Crippen molar-refractivity contribution in [1.29, 1.82) is 0 Å². The van der Waals surface area contributed by atoms with Crippen molar-refractivity contribution in [3.05, 3.63) is 34.9 Å². The zero-order valence-electron chi connectivity index (χ0n) is 9.79. The van der Waals surface area contributed by atoms with Gasteiger partial charge >= 0.3 is 0 Å². The lowest BCUT2D eigenvalue weighted by molar-refractivity contribution is 0.175. The van der Waals surface area contributed by atoms with Crippen molar-refractivity contribution in [3.8, 4) is 0 Å². The number of rotatable bonds is 5. The van der Waals surface area contributed by atoms with Gasteiger partial charge in [0.1, 0.15) is 0 Å². The van der Waals surface area contributed by atoms with Gasteiger partial charge in [0.15, 0.2) is 0 Å². The standard InChI is InChI=1S/C13H20OS/c1-4-15-6-5-13(14)12-8-10(2)7-11(3)9-12/h7-9,13-14H,4-6H2,1-3H3. The molecule has 0 aliphatic rings. The monoisotopic (exact) mass is 224 g/mol. The van der Waals surface area contributed by atoms with Crippen molar-refractivity contribution >= 4 is 11.8 Å². The van der Waals surface area contributed by atoms with Crippen LogP contribution in [0.3, 0.4) is 0 Å². The van der Waals surface area contributed by atoms with Crippen molar-refractivity contribution in [3.63, 3.8) is 0 Å². The molecule has 0 amide bonds. The third-order valence-electron chi connectivity index (χ3n) is 2.37. The third kappa shape index (κ3) is 4.27. The molecular formula is C13H20OS. The van der Waals surface area contributed by atoms with Crippen molar-refractivity contribution in [2.45, 2.75) is 33.3 Å². The maximum atomic E-state index is 9.98. The molecule has 0 aliphatic heterocycles. The van der Waals surface area contributed by atoms with Crippen molar-refractivity contribution in [1.82, 2.24) is 0 Å². The van der Waals surface area contributed by atoms with Gasteiger partial charge in [0.05, 0.1) is 6.10 Å². The topological polar surface area (TPSA) is 20.2 Å². The van der Waals surface area contributed by atoms with Crippen molar-refractivity contribution < 1.29 is 5.11 Å². The number of aryl methyl sites for hydroxylation is 2. The van der Waals surface area contributed by atoms with Crippen LogP contribution in [0.5, 0.6) is 0 Å². The number of hydrogen-bond donors (Lipinski definition) is 1. The van der Waals surface area contributed by atoms with Crippen LogP contribution >= 0.6 is 11.8 Å². The van der Waals surface area contributed by atoms with E-state index >= 15 is 0 Å². The molecule has 2 heteroatoms. The van der Waals surface area contributed by atoms with Gasteiger partial charge < -0.3 is 5.11 Å². The van der Waals surface area contributed by atoms with E-state index in [4.69, 9.17) is 0 Å². The summed E-state index contributed by atoms with van der Waals surface area (Å²) in [5.41, 5.74) is 3.52. The van der Waals surface area contributed by atoms with Gasteiger partial charge in [-0.05, 0) is 37.3 Å². The van der Waals surface area contributed by atoms with Gasteiger partial charge in [-0.15, -0.1) is 0 Å². The minimum Gasteiger partial charge on any atom is -0.388 e. The lowest BCUT2D eigenvalue weighted by atomic mass is 10.0. The van der Waals surface area contributed by atoms with Crippen LogP contribution in [-0.2, 0) is 0 Å². The Hall–Kier alpha value is -0.470. The number of aliphatic hydroxyl groups is 1. The first-order valence-corrected chi connectivity index (χ1v) is 6.63. The second kappa shape index (κ2) is 6.19. The fourth-order valence-corrected chi connectivity index (χ4v) is 2.39. The van der Waals surface area contributed by atoms with Crippen LogP contribution in [0.25, 0.3) is 0 Å². The Bertz CT molecular complexity index is 289. The molecular weight excluding hydrogens is 204 g/mol. The Labute approximate surface area is 96.9 Å². The molecule has 0 bridgehead atoms. The smallest absolute Gasteiger partial charge is 0.0798 e. The van der Waals surface area contributed by atoms with Crippen LogP contribution < -0.4 is 0 Å². The second-order valence-corrected chi connectivity index (χ2v) is 5.32. The van der Waals surface area contributed by atoms with Gasteiger partial charge in [0.25, 0.3) is 0 Å². The summed E-state index contributed by atoms with van der Waals surface area (Å²) in [5.74, 6) is 2.16. The van der Waals surface area contributed by atoms with Gasteiger partial charge in [-0.2, -0.15) is 11.8 Å². The summed E-state index contributed by atoms with van der Waals surface area (Å²) >= 11 is 1.88. The second-order valence-electron chi connectivity index (χ2n) is 3.92. The highest BCUT2D eigenvalue weighted by Crippen LogP contribution is 2.21. The molecule has 0 aliphatic carbocycles. The van der Waals surface area contributed by atoms with E-state index in [1.807, 2.05) is 11.8 Å². The SMILES string of the molecule is CCSCCC(O)c1cc(C)cc(C)c1. The largest absolute Gasteiger partial charge is 0.388 e. The maximum Gasteiger partial charge on any atom is 0.0798 e. The molecule has 0 heterocycles. The zero-order valence-corrected chi connectivity index (χ0v) is 10.6. The third-order valence-corrected chi connectivity index (χ3v) is 3.30. The van der Waals surface area contributed by atoms with Crippen LogP contribution in [0.15, 0.2) is 18.2 Å². The van der Waals surface area contributed by atoms with E-state index in [1.165, 1.54) is 11.1 Å². The van der Waals surface area contributed by atoms with Crippen LogP contribution in [0, 0.1) is 13.8 Å². The number of aliphatic hydroxyl groups excluding tert-OH is 1. The summed E-state index contributed by atoms with van der Waals surface area (Å²) in [5, 5.41) is 9.98. The molecule has 1 aromatic rings. The molecule has 1 aromatic carbocycles. The quantitative estimate of drug-likeness (QED) is 0.773. The van der Waals surface area contributed by atoms with Crippen LogP contribution in [-0.4, -0.2) is 16.6 Å². The summed E-state index contributed by atoms with van der Waals surface area (Å²) in [6.07, 6.45) is 0.546. The lowest BCUT2D eigenvalue weighted by Gasteiger charge is -2.12. The molecule has 0 spiro atoms. The molecule has 1 N–H and O–H groups in total. The van der Waals surface area contributed by atoms with Gasteiger partial charge in [0.2, 0.25) is 0 Å². The highest BCUT2D eigenvalue weighted by Gasteiger charge is 2.07. The molecule has 0 saturated heterocycles. The highest BCUT2D eigenvalue weighted by molar-refractivity contribution is 7.99. The Morgan fingerprint density at radius 1 is 1.20 bits per heavy atom. The first-order valence-electron chi connectivity index (χ1n) is 5.47. The highest BCUT2D eigenvalue weighted by atomic mass is 32.2. The molecule has 1 atom stereocenters. The summed E-state index contributed by atoms with van der Waals surface area (Å²) in [7, 11) is 0. The summed E-state index contributed by atoms with van der Waals surface area (Å²) in [4.78, 5) is 0. The Morgan fingerprint density at radius 3 is 2.33 bits per heavy atom. The first kappa shape index (κ1) is 12.6. The Kier molecular flexibility index (Phi) is 5.20. The van der Waals surface area contributed by atoms with E-state index in [2.05, 4.69) is 39.0 Å². The molecule has 0 fully saturated rings. The molecule has 0 aromatic heterocycles. The van der Waals surface area contributed by atoms with E-state index in [9.17, 15) is 5.11 Å². The van der Waals surface area contributed by atoms with E-state index in [-0.39, 0.29) is 6.10 Å². The Morgan fingerprint density at radius 2 is 1.80 bits per heavy atom. The Balaban J connectivity index is 2.60. The number of thioether (sulfide) groups is 1. The van der Waals surface area contributed by atoms with Crippen LogP contribution in [0.1, 0.15) is 36.1 Å². The molecule has 0 saturated carbocycles. The minimum absolute atomic E-state index is 0.303. The molecule has 1 rings (SSSR count). The first-order chi connectivity index (χ1) is 7.13. The zero-order chi connectivity index (χ0) is 11.3. The van der Waals surface area contributed by atoms with E-state index in [1.54, 1.807) is 0 Å². The predicted molar refractivity (Wildman–Crippen MR) is 68.5 cm³/mol. The van der Waals surface area contributed by atoms with Crippen molar-refractivity contribution in [2.75, 3.05) is 11.5 Å². The van der Waals surface area contributed by atoms with E-state index in [0.717, 1.165) is 23.5 Å². The fourth-order valence-electron chi connectivity index (χ4n) is 1.71. The average Bonchev–Trinajstić information content (AvgIpc) is 2.16. The van der Waals surface area contributed by atoms with Gasteiger partial charge in [0, 0.05) is 0 Å². The van der Waals surface area contributed by atoms with Gasteiger partial charge in [-0.3, -0.25) is 0 Å². The fraction of sp³-hybridized carbons (Fsp3) is 0.538. The molecule has 1 unspecified atom stereocenters. The normalized spacial score (nSPS) is 12.8. The summed E-state index contributed by atoms with van der Waals surface area (Å²) in [6.45, 7) is 6.29. The summed E-state index contributed by atoms with van der Waals surface area (Å²) < 4.78 is 0. The van der Waals surface area contributed by atoms with Crippen LogP contribution in [0.4, 0.5) is 0 Å². The molecule has 1 nitrogen and oxygen atoms in total. The molecule has 84 valence electrons.